The van der Waals surface area contributed by atoms with Crippen LogP contribution >= 0.6 is 22.6 Å². The van der Waals surface area contributed by atoms with Crippen LogP contribution < -0.4 is 5.73 Å². The van der Waals surface area contributed by atoms with Crippen LogP contribution in [0.25, 0.3) is 0 Å². The smallest absolute Gasteiger partial charge is 0.270 e. The molecule has 0 aliphatic carbocycles. The van der Waals surface area contributed by atoms with Crippen molar-refractivity contribution in [3.05, 3.63) is 49.3 Å². The van der Waals surface area contributed by atoms with Crippen LogP contribution in [0.15, 0.2) is 29.5 Å². The van der Waals surface area contributed by atoms with Crippen molar-refractivity contribution in [2.45, 2.75) is 6.92 Å². The van der Waals surface area contributed by atoms with Crippen LogP contribution in [-0.2, 0) is 0 Å². The molecule has 0 unspecified atom stereocenters. The minimum absolute atomic E-state index is 0.0551. The van der Waals surface area contributed by atoms with Gasteiger partial charge in [-0.2, -0.15) is 5.10 Å². The van der Waals surface area contributed by atoms with Crippen LogP contribution in [0, 0.1) is 20.6 Å². The van der Waals surface area contributed by atoms with Gasteiger partial charge in [-0.3, -0.25) is 10.1 Å². The van der Waals surface area contributed by atoms with E-state index in [4.69, 9.17) is 5.73 Å². The molecular formula is C11H10IN5O2. The summed E-state index contributed by atoms with van der Waals surface area (Å²) in [6, 6.07) is 4.57. The SMILES string of the molecule is Cc1cn(N=Cc2ccc([N+](=O)[O-])cc2I)c(N)n1. The van der Waals surface area contributed by atoms with Crippen molar-refractivity contribution >= 4 is 40.4 Å². The number of hydrogen-bond donors (Lipinski definition) is 1. The van der Waals surface area contributed by atoms with E-state index in [-0.39, 0.29) is 5.69 Å². The van der Waals surface area contributed by atoms with Gasteiger partial charge in [0.2, 0.25) is 5.95 Å². The zero-order chi connectivity index (χ0) is 14.0. The van der Waals surface area contributed by atoms with Crippen molar-refractivity contribution in [1.82, 2.24) is 9.66 Å². The Hall–Kier alpha value is -1.97. The number of imidazole rings is 1. The molecule has 0 saturated carbocycles. The maximum atomic E-state index is 10.6. The van der Waals surface area contributed by atoms with Crippen LogP contribution in [0.3, 0.4) is 0 Å². The molecule has 98 valence electrons. The Morgan fingerprint density at radius 3 is 2.84 bits per heavy atom. The third kappa shape index (κ3) is 3.08. The molecule has 0 bridgehead atoms. The van der Waals surface area contributed by atoms with Crippen molar-refractivity contribution in [2.75, 3.05) is 5.73 Å². The number of anilines is 1. The Kier molecular flexibility index (Phi) is 3.79. The van der Waals surface area contributed by atoms with Gasteiger partial charge in [-0.15, -0.1) is 0 Å². The van der Waals surface area contributed by atoms with Gasteiger partial charge in [-0.1, -0.05) is 0 Å². The normalized spacial score (nSPS) is 11.1. The van der Waals surface area contributed by atoms with Gasteiger partial charge >= 0.3 is 0 Å². The highest BCUT2D eigenvalue weighted by Crippen LogP contribution is 2.18. The molecule has 0 radical (unpaired) electrons. The second kappa shape index (κ2) is 5.34. The molecule has 1 heterocycles. The third-order valence-corrected chi connectivity index (χ3v) is 3.29. The number of nitrogens with zero attached hydrogens (tertiary/aromatic N) is 4. The lowest BCUT2D eigenvalue weighted by atomic mass is 10.2. The van der Waals surface area contributed by atoms with E-state index in [2.05, 4.69) is 10.1 Å². The number of halogens is 1. The van der Waals surface area contributed by atoms with E-state index < -0.39 is 4.92 Å². The molecule has 0 spiro atoms. The van der Waals surface area contributed by atoms with E-state index in [9.17, 15) is 10.1 Å². The lowest BCUT2D eigenvalue weighted by Crippen LogP contribution is -1.98. The standard InChI is InChI=1S/C11H10IN5O2/c1-7-6-16(11(13)15-7)14-5-8-2-3-9(17(18)19)4-10(8)12/h2-6H,1H3,(H2,13,15). The molecule has 8 heteroatoms. The highest BCUT2D eigenvalue weighted by Gasteiger charge is 2.07. The molecule has 0 amide bonds. The Morgan fingerprint density at radius 1 is 1.58 bits per heavy atom. The molecule has 2 N–H and O–H groups in total. The number of nitro groups is 1. The van der Waals surface area contributed by atoms with Crippen molar-refractivity contribution < 1.29 is 4.92 Å². The summed E-state index contributed by atoms with van der Waals surface area (Å²) in [5.74, 6) is 0.297. The Balaban J connectivity index is 2.29. The first-order valence-electron chi connectivity index (χ1n) is 5.27. The first-order valence-corrected chi connectivity index (χ1v) is 6.35. The number of nitrogen functional groups attached to an aromatic ring is 1. The number of aromatic nitrogens is 2. The van der Waals surface area contributed by atoms with Crippen molar-refractivity contribution in [3.63, 3.8) is 0 Å². The Bertz CT molecular complexity index is 665. The summed E-state index contributed by atoms with van der Waals surface area (Å²) >= 11 is 2.02. The van der Waals surface area contributed by atoms with Crippen LogP contribution in [0.1, 0.15) is 11.3 Å². The fourth-order valence-corrected chi connectivity index (χ4v) is 2.09. The number of aryl methyl sites for hydroxylation is 1. The molecule has 1 aromatic carbocycles. The fraction of sp³-hybridized carbons (Fsp3) is 0.0909. The predicted octanol–water partition coefficient (Wildman–Crippen LogP) is 2.17. The Labute approximate surface area is 122 Å². The van der Waals surface area contributed by atoms with Crippen LogP contribution in [0.5, 0.6) is 0 Å². The summed E-state index contributed by atoms with van der Waals surface area (Å²) in [4.78, 5) is 14.2. The highest BCUT2D eigenvalue weighted by molar-refractivity contribution is 14.1. The molecule has 1 aromatic heterocycles. The third-order valence-electron chi connectivity index (χ3n) is 2.35. The van der Waals surface area contributed by atoms with E-state index in [0.717, 1.165) is 14.8 Å². The van der Waals surface area contributed by atoms with Gasteiger partial charge in [0.15, 0.2) is 0 Å². The zero-order valence-electron chi connectivity index (χ0n) is 9.95. The summed E-state index contributed by atoms with van der Waals surface area (Å²) in [6.45, 7) is 1.82. The number of non-ortho nitro benzene ring substituents is 1. The topological polar surface area (TPSA) is 99.3 Å². The number of nitro benzene ring substituents is 1. The molecular weight excluding hydrogens is 361 g/mol. The van der Waals surface area contributed by atoms with Gasteiger partial charge in [0.25, 0.3) is 5.69 Å². The van der Waals surface area contributed by atoms with Gasteiger partial charge < -0.3 is 5.73 Å². The number of hydrogen-bond acceptors (Lipinski definition) is 5. The average molecular weight is 371 g/mol. The number of benzene rings is 1. The number of rotatable bonds is 3. The molecule has 0 fully saturated rings. The first-order chi connectivity index (χ1) is 8.97. The summed E-state index contributed by atoms with van der Waals surface area (Å²) in [6.07, 6.45) is 3.28. The van der Waals surface area contributed by atoms with E-state index in [1.165, 1.54) is 16.8 Å². The average Bonchev–Trinajstić information content (AvgIpc) is 2.66. The quantitative estimate of drug-likeness (QED) is 0.387. The summed E-state index contributed by atoms with van der Waals surface area (Å²) in [7, 11) is 0. The highest BCUT2D eigenvalue weighted by atomic mass is 127. The van der Waals surface area contributed by atoms with Gasteiger partial charge in [0.05, 0.1) is 23.0 Å². The van der Waals surface area contributed by atoms with E-state index in [0.29, 0.717) is 5.95 Å². The van der Waals surface area contributed by atoms with E-state index in [1.54, 1.807) is 18.5 Å². The largest absolute Gasteiger partial charge is 0.368 e. The molecule has 2 aromatic rings. The maximum absolute atomic E-state index is 10.6. The Morgan fingerprint density at radius 2 is 2.32 bits per heavy atom. The summed E-state index contributed by atoms with van der Waals surface area (Å²) in [5.41, 5.74) is 7.26. The lowest BCUT2D eigenvalue weighted by Gasteiger charge is -1.99. The van der Waals surface area contributed by atoms with Crippen LogP contribution in [0.2, 0.25) is 0 Å². The van der Waals surface area contributed by atoms with Crippen molar-refractivity contribution in [3.8, 4) is 0 Å². The monoisotopic (exact) mass is 371 g/mol. The predicted molar refractivity (Wildman–Crippen MR) is 80.2 cm³/mol. The zero-order valence-corrected chi connectivity index (χ0v) is 12.1. The molecule has 0 aliphatic rings. The number of nitrogens with two attached hydrogens (primary N) is 1. The van der Waals surface area contributed by atoms with Gasteiger partial charge in [-0.25, -0.2) is 9.66 Å². The molecule has 19 heavy (non-hydrogen) atoms. The van der Waals surface area contributed by atoms with Crippen molar-refractivity contribution in [2.24, 2.45) is 5.10 Å². The van der Waals surface area contributed by atoms with Crippen LogP contribution in [-0.4, -0.2) is 20.8 Å². The van der Waals surface area contributed by atoms with Crippen molar-refractivity contribution in [1.29, 1.82) is 0 Å². The van der Waals surface area contributed by atoms with Gasteiger partial charge in [-0.05, 0) is 35.6 Å². The van der Waals surface area contributed by atoms with Gasteiger partial charge in [0.1, 0.15) is 0 Å². The maximum Gasteiger partial charge on any atom is 0.270 e. The second-order valence-corrected chi connectivity index (χ2v) is 4.95. The van der Waals surface area contributed by atoms with E-state index >= 15 is 0 Å². The minimum Gasteiger partial charge on any atom is -0.368 e. The molecule has 0 aliphatic heterocycles. The summed E-state index contributed by atoms with van der Waals surface area (Å²) < 4.78 is 2.19. The molecule has 7 nitrogen and oxygen atoms in total. The molecule has 0 saturated heterocycles. The second-order valence-electron chi connectivity index (χ2n) is 3.79. The van der Waals surface area contributed by atoms with Crippen LogP contribution in [0.4, 0.5) is 11.6 Å². The lowest BCUT2D eigenvalue weighted by molar-refractivity contribution is -0.384. The minimum atomic E-state index is -0.430. The first kappa shape index (κ1) is 13.5. The van der Waals surface area contributed by atoms with E-state index in [1.807, 2.05) is 29.5 Å². The fourth-order valence-electron chi connectivity index (χ4n) is 1.46. The summed E-state index contributed by atoms with van der Waals surface area (Å²) in [5, 5.41) is 14.8. The molecule has 0 atom stereocenters. The van der Waals surface area contributed by atoms with Gasteiger partial charge in [0, 0.05) is 21.3 Å². The molecule has 2 rings (SSSR count).